The Kier molecular flexibility index (Phi) is 6.20. The second-order valence-electron chi connectivity index (χ2n) is 7.66. The van der Waals surface area contributed by atoms with Gasteiger partial charge in [0.25, 0.3) is 0 Å². The van der Waals surface area contributed by atoms with Crippen LogP contribution in [0.25, 0.3) is 10.7 Å². The SMILES string of the molecule is C[C@@H](C(=O)N1CCCC1)N1CCN(C(=O)Cc2csc(-c3ccccn3)n2)CC1. The van der Waals surface area contributed by atoms with Crippen molar-refractivity contribution in [3.05, 3.63) is 35.5 Å². The maximum absolute atomic E-state index is 12.7. The number of carbonyl (C=O) groups excluding carboxylic acids is 2. The number of hydrogen-bond acceptors (Lipinski definition) is 6. The molecular weight excluding hydrogens is 386 g/mol. The first-order chi connectivity index (χ1) is 14.1. The van der Waals surface area contributed by atoms with Gasteiger partial charge in [-0.25, -0.2) is 4.98 Å². The van der Waals surface area contributed by atoms with Crippen LogP contribution in [0.1, 0.15) is 25.5 Å². The molecule has 0 saturated carbocycles. The van der Waals surface area contributed by atoms with Crippen LogP contribution in [-0.2, 0) is 16.0 Å². The third kappa shape index (κ3) is 4.64. The highest BCUT2D eigenvalue weighted by Crippen LogP contribution is 2.22. The zero-order chi connectivity index (χ0) is 20.2. The van der Waals surface area contributed by atoms with Crippen LogP contribution in [0.3, 0.4) is 0 Å². The first-order valence-corrected chi connectivity index (χ1v) is 11.2. The molecule has 0 unspecified atom stereocenters. The lowest BCUT2D eigenvalue weighted by Gasteiger charge is -2.38. The Bertz CT molecular complexity index is 842. The van der Waals surface area contributed by atoms with Crippen molar-refractivity contribution in [2.75, 3.05) is 39.3 Å². The standard InChI is InChI=1S/C21H27N5O2S/c1-16(21(28)26-8-4-5-9-26)24-10-12-25(13-11-24)19(27)14-17-15-29-20(23-17)18-6-2-3-7-22-18/h2-3,6-7,15-16H,4-5,8-14H2,1H3/t16-/m0/s1. The largest absolute Gasteiger partial charge is 0.341 e. The third-order valence-corrected chi connectivity index (χ3v) is 6.67. The predicted molar refractivity (Wildman–Crippen MR) is 112 cm³/mol. The Hall–Kier alpha value is -2.32. The molecule has 0 N–H and O–H groups in total. The van der Waals surface area contributed by atoms with Gasteiger partial charge in [-0.15, -0.1) is 11.3 Å². The number of piperazine rings is 1. The fraction of sp³-hybridized carbons (Fsp3) is 0.524. The van der Waals surface area contributed by atoms with E-state index in [0.717, 1.165) is 55.4 Å². The van der Waals surface area contributed by atoms with Crippen molar-refractivity contribution in [1.29, 1.82) is 0 Å². The molecule has 0 aromatic carbocycles. The smallest absolute Gasteiger partial charge is 0.239 e. The number of hydrogen-bond donors (Lipinski definition) is 0. The van der Waals surface area contributed by atoms with Crippen molar-refractivity contribution in [2.45, 2.75) is 32.2 Å². The molecule has 1 atom stereocenters. The normalized spacial score (nSPS) is 18.8. The van der Waals surface area contributed by atoms with E-state index in [-0.39, 0.29) is 17.9 Å². The number of rotatable bonds is 5. The summed E-state index contributed by atoms with van der Waals surface area (Å²) in [6.07, 6.45) is 4.28. The summed E-state index contributed by atoms with van der Waals surface area (Å²) in [4.78, 5) is 40.3. The van der Waals surface area contributed by atoms with Crippen LogP contribution < -0.4 is 0 Å². The molecule has 2 aliphatic heterocycles. The number of nitrogens with zero attached hydrogens (tertiary/aromatic N) is 5. The summed E-state index contributed by atoms with van der Waals surface area (Å²) >= 11 is 1.52. The van der Waals surface area contributed by atoms with Crippen LogP contribution in [0.4, 0.5) is 0 Å². The quantitative estimate of drug-likeness (QED) is 0.749. The Morgan fingerprint density at radius 1 is 1.07 bits per heavy atom. The summed E-state index contributed by atoms with van der Waals surface area (Å²) in [6, 6.07) is 5.63. The van der Waals surface area contributed by atoms with Gasteiger partial charge in [-0.2, -0.15) is 0 Å². The van der Waals surface area contributed by atoms with Crippen molar-refractivity contribution in [1.82, 2.24) is 24.7 Å². The number of pyridine rings is 1. The van der Waals surface area contributed by atoms with Gasteiger partial charge in [-0.1, -0.05) is 6.07 Å². The van der Waals surface area contributed by atoms with Gasteiger partial charge in [-0.3, -0.25) is 19.5 Å². The van der Waals surface area contributed by atoms with Crippen LogP contribution in [-0.4, -0.2) is 81.8 Å². The fourth-order valence-corrected chi connectivity index (χ4v) is 4.77. The lowest BCUT2D eigenvalue weighted by Crippen LogP contribution is -2.55. The van der Waals surface area contributed by atoms with Gasteiger partial charge in [0.05, 0.1) is 23.9 Å². The minimum absolute atomic E-state index is 0.0982. The minimum atomic E-state index is -0.107. The van der Waals surface area contributed by atoms with E-state index in [0.29, 0.717) is 19.5 Å². The molecule has 2 aromatic rings. The highest BCUT2D eigenvalue weighted by atomic mass is 32.1. The molecule has 0 spiro atoms. The summed E-state index contributed by atoms with van der Waals surface area (Å²) in [5.74, 6) is 0.327. The second kappa shape index (κ2) is 9.00. The number of amides is 2. The van der Waals surface area contributed by atoms with Crippen LogP contribution >= 0.6 is 11.3 Å². The molecule has 29 heavy (non-hydrogen) atoms. The van der Waals surface area contributed by atoms with E-state index >= 15 is 0 Å². The molecule has 2 saturated heterocycles. The number of aromatic nitrogens is 2. The minimum Gasteiger partial charge on any atom is -0.341 e. The first kappa shape index (κ1) is 20.0. The Morgan fingerprint density at radius 2 is 1.83 bits per heavy atom. The monoisotopic (exact) mass is 413 g/mol. The second-order valence-corrected chi connectivity index (χ2v) is 8.52. The van der Waals surface area contributed by atoms with Crippen LogP contribution in [0.5, 0.6) is 0 Å². The maximum atomic E-state index is 12.7. The van der Waals surface area contributed by atoms with E-state index in [2.05, 4.69) is 14.9 Å². The maximum Gasteiger partial charge on any atom is 0.239 e. The summed E-state index contributed by atoms with van der Waals surface area (Å²) in [6.45, 7) is 6.56. The van der Waals surface area contributed by atoms with Crippen LogP contribution in [0, 0.1) is 0 Å². The van der Waals surface area contributed by atoms with E-state index < -0.39 is 0 Å². The molecule has 4 heterocycles. The Balaban J connectivity index is 1.28. The highest BCUT2D eigenvalue weighted by molar-refractivity contribution is 7.13. The Morgan fingerprint density at radius 3 is 2.52 bits per heavy atom. The molecule has 2 amide bonds. The van der Waals surface area contributed by atoms with Gasteiger partial charge in [0.2, 0.25) is 11.8 Å². The van der Waals surface area contributed by atoms with Gasteiger partial charge in [0.15, 0.2) is 0 Å². The van der Waals surface area contributed by atoms with Crippen molar-refractivity contribution >= 4 is 23.2 Å². The van der Waals surface area contributed by atoms with E-state index in [9.17, 15) is 9.59 Å². The zero-order valence-electron chi connectivity index (χ0n) is 16.8. The first-order valence-electron chi connectivity index (χ1n) is 10.3. The molecule has 4 rings (SSSR count). The van der Waals surface area contributed by atoms with Gasteiger partial charge in [-0.05, 0) is 31.9 Å². The molecule has 2 aliphatic rings. The van der Waals surface area contributed by atoms with Crippen molar-refractivity contribution in [3.8, 4) is 10.7 Å². The summed E-state index contributed by atoms with van der Waals surface area (Å²) in [5, 5.41) is 2.78. The topological polar surface area (TPSA) is 69.6 Å². The molecule has 0 radical (unpaired) electrons. The van der Waals surface area contributed by atoms with E-state index in [4.69, 9.17) is 0 Å². The molecule has 0 bridgehead atoms. The number of likely N-dealkylation sites (tertiary alicyclic amines) is 1. The molecule has 2 fully saturated rings. The molecule has 2 aromatic heterocycles. The molecule has 0 aliphatic carbocycles. The van der Waals surface area contributed by atoms with E-state index in [1.807, 2.05) is 40.3 Å². The Labute approximate surface area is 175 Å². The fourth-order valence-electron chi connectivity index (χ4n) is 3.98. The lowest BCUT2D eigenvalue weighted by atomic mass is 10.2. The van der Waals surface area contributed by atoms with Crippen molar-refractivity contribution < 1.29 is 9.59 Å². The number of thiazole rings is 1. The van der Waals surface area contributed by atoms with Gasteiger partial charge in [0.1, 0.15) is 5.01 Å². The van der Waals surface area contributed by atoms with Crippen molar-refractivity contribution in [2.24, 2.45) is 0 Å². The van der Waals surface area contributed by atoms with Crippen LogP contribution in [0.2, 0.25) is 0 Å². The molecule has 7 nitrogen and oxygen atoms in total. The van der Waals surface area contributed by atoms with Crippen LogP contribution in [0.15, 0.2) is 29.8 Å². The van der Waals surface area contributed by atoms with Crippen molar-refractivity contribution in [3.63, 3.8) is 0 Å². The highest BCUT2D eigenvalue weighted by Gasteiger charge is 2.31. The average Bonchev–Trinajstić information content (AvgIpc) is 3.46. The predicted octanol–water partition coefficient (Wildman–Crippen LogP) is 1.90. The van der Waals surface area contributed by atoms with Gasteiger partial charge < -0.3 is 9.80 Å². The van der Waals surface area contributed by atoms with E-state index in [1.54, 1.807) is 6.20 Å². The average molecular weight is 414 g/mol. The third-order valence-electron chi connectivity index (χ3n) is 5.76. The summed E-state index contributed by atoms with van der Waals surface area (Å²) in [5.41, 5.74) is 1.63. The number of carbonyl (C=O) groups is 2. The van der Waals surface area contributed by atoms with Gasteiger partial charge >= 0.3 is 0 Å². The lowest BCUT2D eigenvalue weighted by molar-refractivity contribution is -0.137. The molecular formula is C21H27N5O2S. The van der Waals surface area contributed by atoms with Gasteiger partial charge in [0, 0.05) is 50.8 Å². The van der Waals surface area contributed by atoms with E-state index in [1.165, 1.54) is 11.3 Å². The molecule has 8 heteroatoms. The summed E-state index contributed by atoms with van der Waals surface area (Å²) in [7, 11) is 0. The molecule has 154 valence electrons. The zero-order valence-corrected chi connectivity index (χ0v) is 17.6. The summed E-state index contributed by atoms with van der Waals surface area (Å²) < 4.78 is 0.